The summed E-state index contributed by atoms with van der Waals surface area (Å²) in [4.78, 5) is 51.2. The molecule has 3 aliphatic rings. The summed E-state index contributed by atoms with van der Waals surface area (Å²) >= 11 is 0. The number of carbonyl (C=O) groups is 2. The molecule has 20 heteroatoms. The Morgan fingerprint density at radius 2 is 1.33 bits per heavy atom. The van der Waals surface area contributed by atoms with Gasteiger partial charge in [0.25, 0.3) is 5.56 Å². The maximum absolute atomic E-state index is 13.2. The van der Waals surface area contributed by atoms with Gasteiger partial charge in [0.2, 0.25) is 11.8 Å². The van der Waals surface area contributed by atoms with E-state index in [1.807, 2.05) is 4.98 Å². The van der Waals surface area contributed by atoms with E-state index < -0.39 is 128 Å². The number of nitrogens with zero attached hydrogens (tertiary/aromatic N) is 1. The van der Waals surface area contributed by atoms with Gasteiger partial charge in [0.15, 0.2) is 18.8 Å². The molecular weight excluding hydrogens is 792 g/mol. The van der Waals surface area contributed by atoms with Crippen molar-refractivity contribution >= 4 is 11.8 Å². The molecule has 4 heterocycles. The quantitative estimate of drug-likeness (QED) is 0.0438. The minimum atomic E-state index is -1.85. The van der Waals surface area contributed by atoms with Gasteiger partial charge in [-0.15, -0.1) is 0 Å². The Bertz CT molecular complexity index is 1610. The maximum atomic E-state index is 13.2. The molecule has 15 unspecified atom stereocenters. The van der Waals surface area contributed by atoms with E-state index in [2.05, 4.69) is 17.6 Å². The maximum Gasteiger partial charge on any atom is 0.330 e. The average Bonchev–Trinajstić information content (AvgIpc) is 3.50. The fraction of sp³-hybridized carbons (Fsp3) is 0.800. The van der Waals surface area contributed by atoms with Gasteiger partial charge >= 0.3 is 5.69 Å². The fourth-order valence-electron chi connectivity index (χ4n) is 7.85. The number of aromatic nitrogens is 2. The lowest BCUT2D eigenvalue weighted by Crippen LogP contribution is -2.68. The Balaban J connectivity index is 1.42. The summed E-state index contributed by atoms with van der Waals surface area (Å²) in [5.74, 6) is -1.35. The third kappa shape index (κ3) is 13.7. The third-order valence-corrected chi connectivity index (χ3v) is 11.3. The monoisotopic (exact) mass is 858 g/mol. The standard InChI is InChI=1S/C40H66N4O16/c1-3-4-5-6-7-8-9-10-11-12-13-14-15-16-17-26(48)42-29-33(53)30(50)24(57-39(29)60-38-28(41-22(2)46)32(52)31(51)25(21-45)58-38)20-23(47)36-34(54)35(55)37(59-36)44-19-18-27(49)43-40(44)56/h16-19,23-25,28-39,45,47,50-55H,3-15,20-21H2,1-2H3,(H,41,46)(H,42,48)(H,43,49,56). The highest BCUT2D eigenvalue weighted by Crippen LogP contribution is 2.34. The summed E-state index contributed by atoms with van der Waals surface area (Å²) in [6.45, 7) is 2.56. The molecule has 3 aliphatic heterocycles. The molecule has 0 saturated carbocycles. The van der Waals surface area contributed by atoms with Crippen LogP contribution in [0.25, 0.3) is 0 Å². The summed E-state index contributed by atoms with van der Waals surface area (Å²) in [6, 6.07) is -2.01. The summed E-state index contributed by atoms with van der Waals surface area (Å²) in [7, 11) is 0. The highest BCUT2D eigenvalue weighted by molar-refractivity contribution is 5.87. The van der Waals surface area contributed by atoms with Crippen molar-refractivity contribution in [1.29, 1.82) is 0 Å². The van der Waals surface area contributed by atoms with Crippen LogP contribution in [0.15, 0.2) is 34.0 Å². The lowest BCUT2D eigenvalue weighted by Gasteiger charge is -2.47. The van der Waals surface area contributed by atoms with E-state index in [-0.39, 0.29) is 0 Å². The number of nitrogens with one attached hydrogen (secondary N) is 3. The van der Waals surface area contributed by atoms with E-state index in [1.165, 1.54) is 57.4 Å². The van der Waals surface area contributed by atoms with Crippen LogP contribution in [0.4, 0.5) is 0 Å². The highest BCUT2D eigenvalue weighted by Gasteiger charge is 2.53. The molecule has 3 saturated heterocycles. The van der Waals surface area contributed by atoms with E-state index in [0.29, 0.717) is 6.42 Å². The van der Waals surface area contributed by atoms with Crippen LogP contribution in [0, 0.1) is 0 Å². The minimum Gasteiger partial charge on any atom is -0.394 e. The van der Waals surface area contributed by atoms with Crippen LogP contribution in [-0.2, 0) is 28.5 Å². The molecular formula is C40H66N4O16. The van der Waals surface area contributed by atoms with Gasteiger partial charge in [0, 0.05) is 25.6 Å². The number of carbonyl (C=O) groups excluding carboxylic acids is 2. The number of hydrogen-bond acceptors (Lipinski definition) is 16. The van der Waals surface area contributed by atoms with Crippen LogP contribution in [0.2, 0.25) is 0 Å². The number of ether oxygens (including phenoxy) is 4. The number of aliphatic hydroxyl groups is 8. The fourth-order valence-corrected chi connectivity index (χ4v) is 7.85. The Hall–Kier alpha value is -3.12. The number of aromatic amines is 1. The smallest absolute Gasteiger partial charge is 0.330 e. The van der Waals surface area contributed by atoms with Crippen LogP contribution in [0.5, 0.6) is 0 Å². The summed E-state index contributed by atoms with van der Waals surface area (Å²) in [6.07, 6.45) is -3.63. The normalized spacial score (nSPS) is 33.8. The van der Waals surface area contributed by atoms with Gasteiger partial charge < -0.3 is 70.4 Å². The number of hydrogen-bond donors (Lipinski definition) is 11. The zero-order valence-corrected chi connectivity index (χ0v) is 34.4. The molecule has 15 atom stereocenters. The summed E-state index contributed by atoms with van der Waals surface area (Å²) in [5.41, 5.74) is -1.68. The molecule has 1 aromatic heterocycles. The van der Waals surface area contributed by atoms with Crippen molar-refractivity contribution in [2.45, 2.75) is 196 Å². The van der Waals surface area contributed by atoms with Crippen LogP contribution in [-0.4, -0.2) is 155 Å². The molecule has 11 N–H and O–H groups in total. The SMILES string of the molecule is CCCCCCCCCCCCCCC=CC(=O)NC1C(OC2OC(CO)C(O)C(O)C2NC(C)=O)OC(CC(O)C2OC(n3ccc(=O)[nH]c3=O)C(O)C2O)C(O)C1O. The largest absolute Gasteiger partial charge is 0.394 e. The molecule has 0 spiro atoms. The number of allylic oxidation sites excluding steroid dienone is 1. The van der Waals surface area contributed by atoms with E-state index in [1.54, 1.807) is 6.08 Å². The second-order valence-corrected chi connectivity index (χ2v) is 16.0. The van der Waals surface area contributed by atoms with Gasteiger partial charge in [-0.05, 0) is 18.9 Å². The zero-order valence-electron chi connectivity index (χ0n) is 34.4. The molecule has 0 radical (unpaired) electrons. The molecule has 20 nitrogen and oxygen atoms in total. The van der Waals surface area contributed by atoms with Crippen LogP contribution in [0.1, 0.15) is 110 Å². The molecule has 3 fully saturated rings. The van der Waals surface area contributed by atoms with E-state index in [9.17, 15) is 60.0 Å². The van der Waals surface area contributed by atoms with Gasteiger partial charge in [-0.2, -0.15) is 0 Å². The van der Waals surface area contributed by atoms with Gasteiger partial charge in [0.05, 0.1) is 18.8 Å². The van der Waals surface area contributed by atoms with Crippen LogP contribution in [0.3, 0.4) is 0 Å². The van der Waals surface area contributed by atoms with E-state index >= 15 is 0 Å². The van der Waals surface area contributed by atoms with Crippen molar-refractivity contribution in [2.24, 2.45) is 0 Å². The average molecular weight is 859 g/mol. The molecule has 60 heavy (non-hydrogen) atoms. The highest BCUT2D eigenvalue weighted by atomic mass is 16.8. The van der Waals surface area contributed by atoms with Crippen molar-refractivity contribution in [3.05, 3.63) is 45.3 Å². The minimum absolute atomic E-state index is 0.597. The number of amides is 2. The predicted molar refractivity (Wildman–Crippen MR) is 212 cm³/mol. The zero-order chi connectivity index (χ0) is 43.9. The second kappa shape index (κ2) is 24.5. The van der Waals surface area contributed by atoms with Crippen molar-refractivity contribution < 1.29 is 69.4 Å². The first kappa shape index (κ1) is 49.5. The lowest BCUT2D eigenvalue weighted by molar-refractivity contribution is -0.346. The summed E-state index contributed by atoms with van der Waals surface area (Å²) < 4.78 is 24.1. The van der Waals surface area contributed by atoms with Crippen molar-refractivity contribution in [1.82, 2.24) is 20.2 Å². The van der Waals surface area contributed by atoms with Gasteiger partial charge in [-0.1, -0.05) is 83.6 Å². The number of aliphatic hydroxyl groups excluding tert-OH is 8. The van der Waals surface area contributed by atoms with Crippen molar-refractivity contribution in [3.8, 4) is 0 Å². The molecule has 4 rings (SSSR count). The molecule has 1 aromatic rings. The molecule has 2 amide bonds. The number of rotatable bonds is 23. The Labute approximate surface area is 348 Å². The number of unbranched alkanes of at least 4 members (excludes halogenated alkanes) is 12. The predicted octanol–water partition coefficient (Wildman–Crippen LogP) is -1.55. The molecule has 0 bridgehead atoms. The van der Waals surface area contributed by atoms with Crippen LogP contribution < -0.4 is 21.9 Å². The van der Waals surface area contributed by atoms with Gasteiger partial charge in [-0.3, -0.25) is 23.9 Å². The van der Waals surface area contributed by atoms with Crippen LogP contribution >= 0.6 is 0 Å². The van der Waals surface area contributed by atoms with Gasteiger partial charge in [0.1, 0.15) is 60.9 Å². The van der Waals surface area contributed by atoms with Gasteiger partial charge in [-0.25, -0.2) is 4.79 Å². The van der Waals surface area contributed by atoms with E-state index in [0.717, 1.165) is 49.4 Å². The Morgan fingerprint density at radius 3 is 1.90 bits per heavy atom. The van der Waals surface area contributed by atoms with Crippen molar-refractivity contribution in [3.63, 3.8) is 0 Å². The Kier molecular flexibility index (Phi) is 20.2. The summed E-state index contributed by atoms with van der Waals surface area (Å²) in [5, 5.41) is 91.5. The first-order valence-electron chi connectivity index (χ1n) is 21.2. The second-order valence-electron chi connectivity index (χ2n) is 16.0. The third-order valence-electron chi connectivity index (χ3n) is 11.3. The lowest BCUT2D eigenvalue weighted by atomic mass is 9.91. The molecule has 342 valence electrons. The topological polar surface area (TPSA) is 312 Å². The molecule has 0 aromatic carbocycles. The molecule has 0 aliphatic carbocycles. The Morgan fingerprint density at radius 1 is 0.783 bits per heavy atom. The first-order valence-corrected chi connectivity index (χ1v) is 21.2. The first-order chi connectivity index (χ1) is 28.7. The van der Waals surface area contributed by atoms with Crippen molar-refractivity contribution in [2.75, 3.05) is 6.61 Å². The number of H-pyrrole nitrogens is 1. The van der Waals surface area contributed by atoms with E-state index in [4.69, 9.17) is 18.9 Å².